The van der Waals surface area contributed by atoms with Crippen LogP contribution in [0.2, 0.25) is 5.02 Å². The second-order valence-corrected chi connectivity index (χ2v) is 7.34. The Balaban J connectivity index is 1.51. The van der Waals surface area contributed by atoms with E-state index in [4.69, 9.17) is 25.6 Å². The van der Waals surface area contributed by atoms with Crippen LogP contribution in [-0.2, 0) is 17.8 Å². The molecule has 0 atom stereocenters. The molecule has 0 radical (unpaired) electrons. The third kappa shape index (κ3) is 4.04. The van der Waals surface area contributed by atoms with Gasteiger partial charge in [-0.3, -0.25) is 4.79 Å². The number of hydrogen-bond acceptors (Lipinski definition) is 5. The summed E-state index contributed by atoms with van der Waals surface area (Å²) in [5.41, 5.74) is 3.58. The van der Waals surface area contributed by atoms with Gasteiger partial charge in [0.25, 0.3) is 0 Å². The molecule has 0 saturated heterocycles. The fourth-order valence-corrected chi connectivity index (χ4v) is 3.58. The minimum Gasteiger partial charge on any atom is -0.493 e. The van der Waals surface area contributed by atoms with E-state index < -0.39 is 0 Å². The summed E-state index contributed by atoms with van der Waals surface area (Å²) >= 11 is 5.98. The molecule has 0 unspecified atom stereocenters. The molecule has 6 nitrogen and oxygen atoms in total. The Bertz CT molecular complexity index is 1090. The molecule has 0 aliphatic carbocycles. The minimum absolute atomic E-state index is 0.0707. The van der Waals surface area contributed by atoms with Crippen molar-refractivity contribution >= 4 is 23.6 Å². The van der Waals surface area contributed by atoms with E-state index in [1.54, 1.807) is 31.3 Å². The van der Waals surface area contributed by atoms with Gasteiger partial charge in [0.2, 0.25) is 5.91 Å². The molecular formula is C23H21ClN2O4. The van der Waals surface area contributed by atoms with E-state index in [9.17, 15) is 4.79 Å². The molecule has 0 spiro atoms. The van der Waals surface area contributed by atoms with Gasteiger partial charge in [0.15, 0.2) is 17.3 Å². The van der Waals surface area contributed by atoms with Crippen LogP contribution in [0.15, 0.2) is 53.1 Å². The van der Waals surface area contributed by atoms with Crippen LogP contribution < -0.4 is 9.47 Å². The van der Waals surface area contributed by atoms with Gasteiger partial charge in [0.1, 0.15) is 0 Å². The SMILES string of the molecule is COc1ccc(/C=C/C(=O)N2CCc3noc(-c4ccc(Cl)cc4)c3C2)cc1OC. The van der Waals surface area contributed by atoms with Crippen molar-refractivity contribution in [1.29, 1.82) is 0 Å². The monoisotopic (exact) mass is 424 g/mol. The molecular weight excluding hydrogens is 404 g/mol. The average molecular weight is 425 g/mol. The van der Waals surface area contributed by atoms with Crippen LogP contribution in [0.3, 0.4) is 0 Å². The third-order valence-corrected chi connectivity index (χ3v) is 5.33. The molecule has 2 aromatic carbocycles. The van der Waals surface area contributed by atoms with E-state index in [0.717, 1.165) is 22.4 Å². The highest BCUT2D eigenvalue weighted by Gasteiger charge is 2.26. The number of carbonyl (C=O) groups is 1. The van der Waals surface area contributed by atoms with Crippen molar-refractivity contribution in [3.8, 4) is 22.8 Å². The molecule has 2 heterocycles. The number of hydrogen-bond donors (Lipinski definition) is 0. The molecule has 0 saturated carbocycles. The maximum atomic E-state index is 12.8. The summed E-state index contributed by atoms with van der Waals surface area (Å²) in [6.07, 6.45) is 4.00. The third-order valence-electron chi connectivity index (χ3n) is 5.08. The van der Waals surface area contributed by atoms with Gasteiger partial charge < -0.3 is 18.9 Å². The molecule has 1 aromatic heterocycles. The van der Waals surface area contributed by atoms with E-state index in [0.29, 0.717) is 41.8 Å². The highest BCUT2D eigenvalue weighted by molar-refractivity contribution is 6.30. The largest absolute Gasteiger partial charge is 0.493 e. The van der Waals surface area contributed by atoms with Gasteiger partial charge in [0, 0.05) is 35.2 Å². The van der Waals surface area contributed by atoms with Gasteiger partial charge in [-0.1, -0.05) is 22.8 Å². The van der Waals surface area contributed by atoms with Crippen molar-refractivity contribution in [2.24, 2.45) is 0 Å². The molecule has 1 aliphatic rings. The maximum Gasteiger partial charge on any atom is 0.246 e. The summed E-state index contributed by atoms with van der Waals surface area (Å²) in [4.78, 5) is 14.6. The second-order valence-electron chi connectivity index (χ2n) is 6.90. The van der Waals surface area contributed by atoms with Crippen molar-refractivity contribution in [3.63, 3.8) is 0 Å². The number of carbonyl (C=O) groups excluding carboxylic acids is 1. The van der Waals surface area contributed by atoms with E-state index in [1.807, 2.05) is 42.5 Å². The Hall–Kier alpha value is -3.25. The first-order valence-corrected chi connectivity index (χ1v) is 9.89. The van der Waals surface area contributed by atoms with Crippen LogP contribution in [-0.4, -0.2) is 36.7 Å². The van der Waals surface area contributed by atoms with E-state index in [-0.39, 0.29) is 5.91 Å². The Labute approximate surface area is 179 Å². The number of aromatic nitrogens is 1. The van der Waals surface area contributed by atoms with Crippen LogP contribution >= 0.6 is 11.6 Å². The lowest BCUT2D eigenvalue weighted by Crippen LogP contribution is -2.34. The number of fused-ring (bicyclic) bond motifs is 1. The van der Waals surface area contributed by atoms with Crippen molar-refractivity contribution in [1.82, 2.24) is 10.1 Å². The summed E-state index contributed by atoms with van der Waals surface area (Å²) in [6.45, 7) is 1.04. The molecule has 0 N–H and O–H groups in total. The first kappa shape index (κ1) is 20.0. The number of benzene rings is 2. The number of nitrogens with zero attached hydrogens (tertiary/aromatic N) is 2. The maximum absolute atomic E-state index is 12.8. The molecule has 30 heavy (non-hydrogen) atoms. The zero-order valence-electron chi connectivity index (χ0n) is 16.7. The fourth-order valence-electron chi connectivity index (χ4n) is 3.46. The molecule has 7 heteroatoms. The molecule has 1 aliphatic heterocycles. The Morgan fingerprint density at radius 3 is 2.63 bits per heavy atom. The standard InChI is InChI=1S/C23H21ClN2O4/c1-28-20-9-3-15(13-21(20)29-2)4-10-22(27)26-12-11-19-18(14-26)23(30-25-19)16-5-7-17(24)8-6-16/h3-10,13H,11-12,14H2,1-2H3/b10-4+. The zero-order chi connectivity index (χ0) is 21.1. The lowest BCUT2D eigenvalue weighted by molar-refractivity contribution is -0.126. The topological polar surface area (TPSA) is 64.8 Å². The number of rotatable bonds is 5. The van der Waals surface area contributed by atoms with Gasteiger partial charge in [-0.2, -0.15) is 0 Å². The Morgan fingerprint density at radius 1 is 1.13 bits per heavy atom. The zero-order valence-corrected chi connectivity index (χ0v) is 17.5. The molecule has 0 fully saturated rings. The first-order chi connectivity index (χ1) is 14.6. The number of halogens is 1. The van der Waals surface area contributed by atoms with Gasteiger partial charge in [0.05, 0.1) is 26.5 Å². The first-order valence-electron chi connectivity index (χ1n) is 9.51. The van der Waals surface area contributed by atoms with E-state index in [1.165, 1.54) is 0 Å². The summed E-state index contributed by atoms with van der Waals surface area (Å²) < 4.78 is 16.1. The van der Waals surface area contributed by atoms with Crippen molar-refractivity contribution in [2.75, 3.05) is 20.8 Å². The highest BCUT2D eigenvalue weighted by atomic mass is 35.5. The van der Waals surface area contributed by atoms with Crippen LogP contribution in [0.5, 0.6) is 11.5 Å². The molecule has 4 rings (SSSR count). The Kier molecular flexibility index (Phi) is 5.77. The summed E-state index contributed by atoms with van der Waals surface area (Å²) in [6, 6.07) is 12.9. The lowest BCUT2D eigenvalue weighted by Gasteiger charge is -2.25. The van der Waals surface area contributed by atoms with Crippen molar-refractivity contribution in [2.45, 2.75) is 13.0 Å². The van der Waals surface area contributed by atoms with Gasteiger partial charge >= 0.3 is 0 Å². The molecule has 154 valence electrons. The minimum atomic E-state index is -0.0707. The number of ether oxygens (including phenoxy) is 2. The predicted octanol–water partition coefficient (Wildman–Crippen LogP) is 4.61. The van der Waals surface area contributed by atoms with Crippen LogP contribution in [0.1, 0.15) is 16.8 Å². The van der Waals surface area contributed by atoms with Gasteiger partial charge in [-0.25, -0.2) is 0 Å². The highest BCUT2D eigenvalue weighted by Crippen LogP contribution is 2.31. The predicted molar refractivity (Wildman–Crippen MR) is 115 cm³/mol. The molecule has 3 aromatic rings. The van der Waals surface area contributed by atoms with Crippen molar-refractivity contribution in [3.05, 3.63) is 70.4 Å². The normalized spacial score (nSPS) is 13.4. The molecule has 0 bridgehead atoms. The smallest absolute Gasteiger partial charge is 0.246 e. The molecule has 1 amide bonds. The van der Waals surface area contributed by atoms with E-state index in [2.05, 4.69) is 5.16 Å². The van der Waals surface area contributed by atoms with Crippen molar-refractivity contribution < 1.29 is 18.8 Å². The summed E-state index contributed by atoms with van der Waals surface area (Å²) in [5, 5.41) is 4.85. The second kappa shape index (κ2) is 8.63. The average Bonchev–Trinajstić information content (AvgIpc) is 3.21. The van der Waals surface area contributed by atoms with Gasteiger partial charge in [-0.05, 0) is 48.0 Å². The van der Waals surface area contributed by atoms with E-state index >= 15 is 0 Å². The number of methoxy groups -OCH3 is 2. The quantitative estimate of drug-likeness (QED) is 0.559. The Morgan fingerprint density at radius 2 is 1.90 bits per heavy atom. The fraction of sp³-hybridized carbons (Fsp3) is 0.217. The van der Waals surface area contributed by atoms with Crippen LogP contribution in [0.25, 0.3) is 17.4 Å². The van der Waals surface area contributed by atoms with Gasteiger partial charge in [-0.15, -0.1) is 0 Å². The summed E-state index contributed by atoms with van der Waals surface area (Å²) in [5.74, 6) is 1.88. The van der Waals surface area contributed by atoms with Crippen LogP contribution in [0.4, 0.5) is 0 Å². The summed E-state index contributed by atoms with van der Waals surface area (Å²) in [7, 11) is 3.17. The van der Waals surface area contributed by atoms with Crippen LogP contribution in [0, 0.1) is 0 Å². The lowest BCUT2D eigenvalue weighted by atomic mass is 10.0. The number of amides is 1.